The van der Waals surface area contributed by atoms with Crippen LogP contribution in [-0.4, -0.2) is 123 Å². The molecule has 13 heteroatoms. The molecule has 0 saturated carbocycles. The Hall–Kier alpha value is -0.580. The summed E-state index contributed by atoms with van der Waals surface area (Å²) in [5.41, 5.74) is 0. The van der Waals surface area contributed by atoms with E-state index in [1.807, 2.05) is 0 Å². The molecule has 2 aliphatic rings. The Morgan fingerprint density at radius 2 is 1.53 bits per heavy atom. The number of hydrogen-bond acceptors (Lipinski definition) is 12. The molecule has 2 fully saturated rings. The Labute approximate surface area is 191 Å². The molecule has 12 nitrogen and oxygen atoms in total. The molecule has 0 aromatic heterocycles. The molecule has 0 spiro atoms. The second-order valence-corrected chi connectivity index (χ2v) is 8.34. The van der Waals surface area contributed by atoms with Crippen molar-refractivity contribution in [2.75, 3.05) is 25.6 Å². The van der Waals surface area contributed by atoms with Gasteiger partial charge in [0.1, 0.15) is 48.8 Å². The van der Waals surface area contributed by atoms with Gasteiger partial charge >= 0.3 is 0 Å². The SMILES string of the molecule is CC(=O)NC1[C@H](OCCCCCS)OC(CO)[C@H](O)[C@@H]1O[C@@H]1OC(CO)[C@H](O)[C@H](O)C1O. The van der Waals surface area contributed by atoms with Gasteiger partial charge in [-0.2, -0.15) is 12.6 Å². The summed E-state index contributed by atoms with van der Waals surface area (Å²) in [4.78, 5) is 11.8. The molecule has 1 amide bonds. The zero-order chi connectivity index (χ0) is 23.8. The summed E-state index contributed by atoms with van der Waals surface area (Å²) < 4.78 is 22.5. The number of unbranched alkanes of at least 4 members (excludes halogenated alkanes) is 2. The molecule has 188 valence electrons. The van der Waals surface area contributed by atoms with Crippen molar-refractivity contribution >= 4 is 18.5 Å². The van der Waals surface area contributed by atoms with Crippen molar-refractivity contribution in [1.82, 2.24) is 5.32 Å². The number of aliphatic hydroxyl groups is 6. The van der Waals surface area contributed by atoms with Gasteiger partial charge in [-0.15, -0.1) is 0 Å². The van der Waals surface area contributed by atoms with E-state index < -0.39 is 80.5 Å². The maximum absolute atomic E-state index is 11.8. The van der Waals surface area contributed by atoms with Crippen molar-refractivity contribution in [3.63, 3.8) is 0 Å². The Morgan fingerprint density at radius 1 is 0.906 bits per heavy atom. The Bertz CT molecular complexity index is 571. The first-order chi connectivity index (χ1) is 15.2. The van der Waals surface area contributed by atoms with Crippen molar-refractivity contribution < 1.29 is 54.4 Å². The van der Waals surface area contributed by atoms with Crippen LogP contribution >= 0.6 is 12.6 Å². The molecule has 2 saturated heterocycles. The monoisotopic (exact) mass is 485 g/mol. The third kappa shape index (κ3) is 6.96. The summed E-state index contributed by atoms with van der Waals surface area (Å²) in [5.74, 6) is 0.265. The van der Waals surface area contributed by atoms with E-state index in [2.05, 4.69) is 17.9 Å². The van der Waals surface area contributed by atoms with E-state index in [9.17, 15) is 35.4 Å². The lowest BCUT2D eigenvalue weighted by atomic mass is 9.95. The quantitative estimate of drug-likeness (QED) is 0.109. The third-order valence-corrected chi connectivity index (χ3v) is 5.76. The molecule has 32 heavy (non-hydrogen) atoms. The highest BCUT2D eigenvalue weighted by Gasteiger charge is 2.51. The van der Waals surface area contributed by atoms with Crippen molar-refractivity contribution in [2.45, 2.75) is 87.5 Å². The zero-order valence-corrected chi connectivity index (χ0v) is 18.8. The van der Waals surface area contributed by atoms with E-state index in [0.29, 0.717) is 6.42 Å². The number of amides is 1. The van der Waals surface area contributed by atoms with Crippen LogP contribution in [0.25, 0.3) is 0 Å². The van der Waals surface area contributed by atoms with E-state index in [0.717, 1.165) is 18.6 Å². The molecule has 2 rings (SSSR count). The number of thiol groups is 1. The van der Waals surface area contributed by atoms with Gasteiger partial charge in [-0.05, 0) is 18.6 Å². The van der Waals surface area contributed by atoms with Gasteiger partial charge in [0, 0.05) is 13.5 Å². The largest absolute Gasteiger partial charge is 0.394 e. The van der Waals surface area contributed by atoms with Gasteiger partial charge in [0.25, 0.3) is 0 Å². The predicted octanol–water partition coefficient (Wildman–Crippen LogP) is -3.13. The van der Waals surface area contributed by atoms with Crippen LogP contribution in [0.2, 0.25) is 0 Å². The molecule has 0 aromatic rings. The average molecular weight is 486 g/mol. The molecular formula is C19H35NO11S. The first kappa shape index (κ1) is 27.7. The Morgan fingerprint density at radius 3 is 2.12 bits per heavy atom. The fourth-order valence-corrected chi connectivity index (χ4v) is 3.91. The van der Waals surface area contributed by atoms with Crippen LogP contribution in [0.5, 0.6) is 0 Å². The number of carbonyl (C=O) groups is 1. The lowest BCUT2D eigenvalue weighted by Crippen LogP contribution is -2.68. The van der Waals surface area contributed by atoms with Crippen LogP contribution in [0.1, 0.15) is 26.2 Å². The van der Waals surface area contributed by atoms with E-state index in [-0.39, 0.29) is 6.61 Å². The number of ether oxygens (including phenoxy) is 4. The smallest absolute Gasteiger partial charge is 0.217 e. The van der Waals surface area contributed by atoms with Gasteiger partial charge in [0.05, 0.1) is 13.2 Å². The molecule has 0 bridgehead atoms. The van der Waals surface area contributed by atoms with E-state index in [1.54, 1.807) is 0 Å². The Balaban J connectivity index is 2.19. The summed E-state index contributed by atoms with van der Waals surface area (Å²) in [5, 5.41) is 62.6. The van der Waals surface area contributed by atoms with Crippen LogP contribution in [-0.2, 0) is 23.7 Å². The van der Waals surface area contributed by atoms with E-state index >= 15 is 0 Å². The lowest BCUT2D eigenvalue weighted by Gasteiger charge is -2.47. The first-order valence-electron chi connectivity index (χ1n) is 10.6. The highest BCUT2D eigenvalue weighted by Crippen LogP contribution is 2.29. The predicted molar refractivity (Wildman–Crippen MR) is 112 cm³/mol. The number of rotatable bonds is 11. The van der Waals surface area contributed by atoms with Crippen LogP contribution in [0.4, 0.5) is 0 Å². The Kier molecular flexibility index (Phi) is 11.5. The van der Waals surface area contributed by atoms with Crippen LogP contribution in [0.3, 0.4) is 0 Å². The normalized spacial score (nSPS) is 40.2. The van der Waals surface area contributed by atoms with Crippen LogP contribution < -0.4 is 5.32 Å². The van der Waals surface area contributed by atoms with Gasteiger partial charge in [-0.25, -0.2) is 0 Å². The van der Waals surface area contributed by atoms with Gasteiger partial charge in [-0.3, -0.25) is 4.79 Å². The van der Waals surface area contributed by atoms with Crippen molar-refractivity contribution in [1.29, 1.82) is 0 Å². The molecule has 0 aliphatic carbocycles. The minimum atomic E-state index is -1.71. The molecule has 2 aliphatic heterocycles. The summed E-state index contributed by atoms with van der Waals surface area (Å²) in [6, 6.07) is -1.05. The second kappa shape index (κ2) is 13.3. The number of hydrogen-bond donors (Lipinski definition) is 8. The fraction of sp³-hybridized carbons (Fsp3) is 0.947. The van der Waals surface area contributed by atoms with Gasteiger partial charge in [0.2, 0.25) is 5.91 Å². The highest BCUT2D eigenvalue weighted by atomic mass is 32.1. The van der Waals surface area contributed by atoms with Gasteiger partial charge in [-0.1, -0.05) is 6.42 Å². The minimum Gasteiger partial charge on any atom is -0.394 e. The van der Waals surface area contributed by atoms with Crippen LogP contribution in [0.15, 0.2) is 0 Å². The maximum atomic E-state index is 11.8. The van der Waals surface area contributed by atoms with E-state index in [1.165, 1.54) is 6.92 Å². The second-order valence-electron chi connectivity index (χ2n) is 7.90. The zero-order valence-electron chi connectivity index (χ0n) is 17.9. The third-order valence-electron chi connectivity index (χ3n) is 5.45. The number of aliphatic hydroxyl groups excluding tert-OH is 6. The minimum absolute atomic E-state index is 0.273. The fourth-order valence-electron chi connectivity index (χ4n) is 3.69. The molecule has 7 N–H and O–H groups in total. The standard InChI is InChI=1S/C19H35NO11S/c1-9(23)20-12-17(31-19-16(27)15(26)13(24)10(7-21)30-19)14(25)11(8-22)29-18(12)28-5-3-2-4-6-32/h10-19,21-22,24-27,32H,2-8H2,1H3,(H,20,23)/t10?,11?,12?,13-,14-,15-,16?,17+,18+,19-/m0/s1. The van der Waals surface area contributed by atoms with Crippen molar-refractivity contribution in [3.05, 3.63) is 0 Å². The molecule has 4 unspecified atom stereocenters. The highest BCUT2D eigenvalue weighted by molar-refractivity contribution is 7.80. The lowest BCUT2D eigenvalue weighted by molar-refractivity contribution is -0.344. The van der Waals surface area contributed by atoms with Crippen molar-refractivity contribution in [3.8, 4) is 0 Å². The summed E-state index contributed by atoms with van der Waals surface area (Å²) >= 11 is 4.15. The molecule has 2 heterocycles. The molecule has 10 atom stereocenters. The van der Waals surface area contributed by atoms with Gasteiger partial charge < -0.3 is 54.9 Å². The van der Waals surface area contributed by atoms with E-state index in [4.69, 9.17) is 18.9 Å². The topological polar surface area (TPSA) is 187 Å². The maximum Gasteiger partial charge on any atom is 0.217 e. The number of carbonyl (C=O) groups excluding carboxylic acids is 1. The first-order valence-corrected chi connectivity index (χ1v) is 11.3. The summed E-state index contributed by atoms with van der Waals surface area (Å²) in [6.07, 6.45) is -10.3. The average Bonchev–Trinajstić information content (AvgIpc) is 2.76. The molecule has 0 radical (unpaired) electrons. The van der Waals surface area contributed by atoms with Crippen LogP contribution in [0, 0.1) is 0 Å². The van der Waals surface area contributed by atoms with Gasteiger partial charge in [0.15, 0.2) is 12.6 Å². The number of nitrogens with one attached hydrogen (secondary N) is 1. The van der Waals surface area contributed by atoms with Crippen molar-refractivity contribution in [2.24, 2.45) is 0 Å². The summed E-state index contributed by atoms with van der Waals surface area (Å²) in [6.45, 7) is 0.282. The molecule has 0 aromatic carbocycles. The summed E-state index contributed by atoms with van der Waals surface area (Å²) in [7, 11) is 0. The molecular weight excluding hydrogens is 450 g/mol.